The predicted molar refractivity (Wildman–Crippen MR) is 68.8 cm³/mol. The summed E-state index contributed by atoms with van der Waals surface area (Å²) in [6.07, 6.45) is 0. The summed E-state index contributed by atoms with van der Waals surface area (Å²) < 4.78 is 11.2. The number of nitrogens with one attached hydrogen (secondary N) is 1. The number of hydrogen-bond donors (Lipinski definition) is 2. The Morgan fingerprint density at radius 1 is 1.33 bits per heavy atom. The minimum atomic E-state index is -0.898. The lowest BCUT2D eigenvalue weighted by Crippen LogP contribution is -2.48. The molecule has 0 spiro atoms. The highest BCUT2D eigenvalue weighted by Crippen LogP contribution is 2.10. The molecule has 1 unspecified atom stereocenters. The Morgan fingerprint density at radius 2 is 1.89 bits per heavy atom. The number of carboxylic acids is 1. The first-order chi connectivity index (χ1) is 8.41. The van der Waals surface area contributed by atoms with Crippen LogP contribution >= 0.6 is 0 Å². The minimum absolute atomic E-state index is 0.0309. The van der Waals surface area contributed by atoms with Gasteiger partial charge in [0.15, 0.2) is 0 Å². The molecule has 0 bridgehead atoms. The van der Waals surface area contributed by atoms with E-state index in [1.807, 2.05) is 13.8 Å². The number of carbonyl (C=O) groups excluding carboxylic acids is 1. The van der Waals surface area contributed by atoms with Gasteiger partial charge >= 0.3 is 12.0 Å². The van der Waals surface area contributed by atoms with Crippen molar-refractivity contribution in [2.45, 2.75) is 13.8 Å². The Kier molecular flexibility index (Phi) is 5.58. The lowest BCUT2D eigenvalue weighted by atomic mass is 9.96. The molecule has 6 nitrogen and oxygen atoms in total. The molecule has 1 aliphatic rings. The van der Waals surface area contributed by atoms with Crippen LogP contribution in [-0.4, -0.2) is 57.4 Å². The van der Waals surface area contributed by atoms with Crippen LogP contribution in [0.25, 0.3) is 0 Å². The highest BCUT2D eigenvalue weighted by Gasteiger charge is 2.24. The van der Waals surface area contributed by atoms with Crippen molar-refractivity contribution < 1.29 is 18.9 Å². The van der Waals surface area contributed by atoms with Crippen molar-refractivity contribution in [2.75, 3.05) is 31.1 Å². The monoisotopic (exact) mass is 276 g/mol. The molecule has 2 amide bonds. The van der Waals surface area contributed by atoms with Gasteiger partial charge in [0.2, 0.25) is 0 Å². The van der Waals surface area contributed by atoms with Crippen LogP contribution in [0.5, 0.6) is 0 Å². The summed E-state index contributed by atoms with van der Waals surface area (Å²) in [5.41, 5.74) is 0. The van der Waals surface area contributed by atoms with Gasteiger partial charge in [-0.1, -0.05) is 13.8 Å². The molecular weight excluding hydrogens is 256 g/mol. The van der Waals surface area contributed by atoms with Crippen molar-refractivity contribution in [3.05, 3.63) is 0 Å². The van der Waals surface area contributed by atoms with Gasteiger partial charge in [-0.2, -0.15) is 0 Å². The first-order valence-corrected chi connectivity index (χ1v) is 7.51. The Bertz CT molecular complexity index is 336. The number of carbonyl (C=O) groups is 2. The van der Waals surface area contributed by atoms with Gasteiger partial charge in [0.25, 0.3) is 0 Å². The molecule has 0 aliphatic carbocycles. The molecular formula is C11H20N2O4S. The molecule has 0 radical (unpaired) electrons. The molecule has 0 aromatic rings. The van der Waals surface area contributed by atoms with Gasteiger partial charge in [0, 0.05) is 41.9 Å². The zero-order valence-corrected chi connectivity index (χ0v) is 11.5. The van der Waals surface area contributed by atoms with E-state index in [-0.39, 0.29) is 18.5 Å². The van der Waals surface area contributed by atoms with Crippen molar-refractivity contribution >= 4 is 22.8 Å². The van der Waals surface area contributed by atoms with E-state index in [0.717, 1.165) is 0 Å². The van der Waals surface area contributed by atoms with Gasteiger partial charge in [-0.05, 0) is 5.92 Å². The number of nitrogens with zero attached hydrogens (tertiary/aromatic N) is 1. The van der Waals surface area contributed by atoms with Crippen molar-refractivity contribution in [2.24, 2.45) is 11.8 Å². The highest BCUT2D eigenvalue weighted by atomic mass is 32.2. The van der Waals surface area contributed by atoms with Gasteiger partial charge in [-0.15, -0.1) is 0 Å². The highest BCUT2D eigenvalue weighted by molar-refractivity contribution is 7.85. The summed E-state index contributed by atoms with van der Waals surface area (Å²) in [5.74, 6) is -0.505. The SMILES string of the molecule is CC(C)C(CNC(=O)N1CCS(=O)CC1)C(=O)O. The van der Waals surface area contributed by atoms with Crippen molar-refractivity contribution in [1.82, 2.24) is 10.2 Å². The number of amides is 2. The van der Waals surface area contributed by atoms with E-state index >= 15 is 0 Å². The number of carboxylic acid groups (broad SMARTS) is 1. The van der Waals surface area contributed by atoms with Crippen molar-refractivity contribution in [1.29, 1.82) is 0 Å². The maximum Gasteiger partial charge on any atom is 0.317 e. The van der Waals surface area contributed by atoms with E-state index in [4.69, 9.17) is 5.11 Å². The van der Waals surface area contributed by atoms with Crippen molar-refractivity contribution in [3.63, 3.8) is 0 Å². The second-order valence-electron chi connectivity index (χ2n) is 4.71. The third-order valence-corrected chi connectivity index (χ3v) is 4.34. The lowest BCUT2D eigenvalue weighted by molar-refractivity contribution is -0.142. The first kappa shape index (κ1) is 14.9. The molecule has 0 saturated carbocycles. The van der Waals surface area contributed by atoms with E-state index in [0.29, 0.717) is 24.6 Å². The maximum atomic E-state index is 11.8. The second-order valence-corrected chi connectivity index (χ2v) is 6.41. The fraction of sp³-hybridized carbons (Fsp3) is 0.818. The first-order valence-electron chi connectivity index (χ1n) is 6.02. The topological polar surface area (TPSA) is 86.7 Å². The van der Waals surface area contributed by atoms with Crippen LogP contribution < -0.4 is 5.32 Å². The molecule has 2 N–H and O–H groups in total. The lowest BCUT2D eigenvalue weighted by Gasteiger charge is -2.27. The van der Waals surface area contributed by atoms with Crippen LogP contribution in [0.15, 0.2) is 0 Å². The fourth-order valence-electron chi connectivity index (χ4n) is 1.76. The van der Waals surface area contributed by atoms with E-state index in [1.54, 1.807) is 4.90 Å². The largest absolute Gasteiger partial charge is 0.481 e. The molecule has 7 heteroatoms. The molecule has 0 aromatic carbocycles. The molecule has 18 heavy (non-hydrogen) atoms. The van der Waals surface area contributed by atoms with Gasteiger partial charge in [-0.3, -0.25) is 9.00 Å². The van der Waals surface area contributed by atoms with Crippen LogP contribution in [0, 0.1) is 11.8 Å². The molecule has 1 rings (SSSR count). The van der Waals surface area contributed by atoms with Crippen LogP contribution in [0.1, 0.15) is 13.8 Å². The Morgan fingerprint density at radius 3 is 2.33 bits per heavy atom. The van der Waals surface area contributed by atoms with E-state index in [9.17, 15) is 13.8 Å². The third-order valence-electron chi connectivity index (χ3n) is 3.06. The Labute approximate surface area is 109 Å². The molecule has 1 heterocycles. The van der Waals surface area contributed by atoms with Gasteiger partial charge in [-0.25, -0.2) is 4.79 Å². The van der Waals surface area contributed by atoms with Crippen LogP contribution in [0.4, 0.5) is 4.79 Å². The summed E-state index contributed by atoms with van der Waals surface area (Å²) in [5, 5.41) is 11.6. The minimum Gasteiger partial charge on any atom is -0.481 e. The average Bonchev–Trinajstić information content (AvgIpc) is 2.28. The molecule has 0 aromatic heterocycles. The average molecular weight is 276 g/mol. The van der Waals surface area contributed by atoms with Gasteiger partial charge in [0.05, 0.1) is 5.92 Å². The fourth-order valence-corrected chi connectivity index (χ4v) is 2.81. The Hall–Kier alpha value is -1.11. The van der Waals surface area contributed by atoms with Crippen LogP contribution in [0.3, 0.4) is 0 Å². The summed E-state index contributed by atoms with van der Waals surface area (Å²) in [4.78, 5) is 24.3. The summed E-state index contributed by atoms with van der Waals surface area (Å²) in [7, 11) is -0.821. The molecule has 1 atom stereocenters. The maximum absolute atomic E-state index is 11.8. The molecule has 104 valence electrons. The number of hydrogen-bond acceptors (Lipinski definition) is 3. The van der Waals surface area contributed by atoms with Crippen LogP contribution in [0.2, 0.25) is 0 Å². The quantitative estimate of drug-likeness (QED) is 0.763. The molecule has 1 saturated heterocycles. The zero-order chi connectivity index (χ0) is 13.7. The third kappa shape index (κ3) is 4.29. The smallest absolute Gasteiger partial charge is 0.317 e. The second kappa shape index (κ2) is 6.72. The standard InChI is InChI=1S/C11H20N2O4S/c1-8(2)9(10(14)15)7-12-11(16)13-3-5-18(17)6-4-13/h8-9H,3-7H2,1-2H3,(H,12,16)(H,14,15). The molecule has 1 aliphatic heterocycles. The van der Waals surface area contributed by atoms with Gasteiger partial charge in [0.1, 0.15) is 0 Å². The Balaban J connectivity index is 2.40. The zero-order valence-electron chi connectivity index (χ0n) is 10.7. The normalized spacial score (nSPS) is 18.7. The van der Waals surface area contributed by atoms with Crippen molar-refractivity contribution in [3.8, 4) is 0 Å². The van der Waals surface area contributed by atoms with E-state index in [1.165, 1.54) is 0 Å². The van der Waals surface area contributed by atoms with E-state index in [2.05, 4.69) is 5.32 Å². The predicted octanol–water partition coefficient (Wildman–Crippen LogP) is 0.117. The van der Waals surface area contributed by atoms with Crippen LogP contribution in [-0.2, 0) is 15.6 Å². The summed E-state index contributed by atoms with van der Waals surface area (Å²) in [6.45, 7) is 4.70. The number of rotatable bonds is 4. The summed E-state index contributed by atoms with van der Waals surface area (Å²) in [6, 6.07) is -0.265. The number of aliphatic carboxylic acids is 1. The van der Waals surface area contributed by atoms with E-state index < -0.39 is 22.7 Å². The summed E-state index contributed by atoms with van der Waals surface area (Å²) >= 11 is 0. The van der Waals surface area contributed by atoms with Gasteiger partial charge < -0.3 is 15.3 Å². The molecule has 1 fully saturated rings. The number of urea groups is 1.